The predicted molar refractivity (Wildman–Crippen MR) is 63.2 cm³/mol. The normalized spacial score (nSPS) is 16.6. The molecular weight excluding hydrogens is 240 g/mol. The number of amides is 2. The summed E-state index contributed by atoms with van der Waals surface area (Å²) in [5.74, 6) is -0.722. The van der Waals surface area contributed by atoms with Crippen LogP contribution in [-0.4, -0.2) is 66.6 Å². The zero-order valence-electron chi connectivity index (χ0n) is 10.3. The predicted octanol–water partition coefficient (Wildman–Crippen LogP) is -0.498. The van der Waals surface area contributed by atoms with E-state index < -0.39 is 5.97 Å². The molecule has 104 valence electrons. The molecule has 0 aromatic rings. The van der Waals surface area contributed by atoms with Crippen LogP contribution < -0.4 is 5.32 Å². The quantitative estimate of drug-likeness (QED) is 0.559. The SMILES string of the molecule is O=C(O)COCCNC(=O)N1CCC(CO)CC1. The van der Waals surface area contributed by atoms with Gasteiger partial charge in [-0.1, -0.05) is 0 Å². The highest BCUT2D eigenvalue weighted by molar-refractivity contribution is 5.74. The molecule has 1 rings (SSSR count). The van der Waals surface area contributed by atoms with Gasteiger partial charge in [0.2, 0.25) is 0 Å². The standard InChI is InChI=1S/C11H20N2O5/c14-7-9-1-4-13(5-2-9)11(17)12-3-6-18-8-10(15)16/h9,14H,1-8H2,(H,12,17)(H,15,16). The lowest BCUT2D eigenvalue weighted by molar-refractivity contribution is -0.142. The zero-order valence-corrected chi connectivity index (χ0v) is 10.3. The van der Waals surface area contributed by atoms with Gasteiger partial charge in [-0.3, -0.25) is 0 Å². The topological polar surface area (TPSA) is 99.1 Å². The van der Waals surface area contributed by atoms with Crippen molar-refractivity contribution in [3.05, 3.63) is 0 Å². The highest BCUT2D eigenvalue weighted by Gasteiger charge is 2.21. The first-order valence-corrected chi connectivity index (χ1v) is 6.06. The van der Waals surface area contributed by atoms with Crippen LogP contribution in [-0.2, 0) is 9.53 Å². The Labute approximate surface area is 106 Å². The number of nitrogens with one attached hydrogen (secondary N) is 1. The van der Waals surface area contributed by atoms with Crippen molar-refractivity contribution in [2.24, 2.45) is 5.92 Å². The van der Waals surface area contributed by atoms with Crippen molar-refractivity contribution in [1.82, 2.24) is 10.2 Å². The van der Waals surface area contributed by atoms with Crippen molar-refractivity contribution >= 4 is 12.0 Å². The number of carboxylic acids is 1. The van der Waals surface area contributed by atoms with E-state index in [1.807, 2.05) is 0 Å². The van der Waals surface area contributed by atoms with E-state index in [0.717, 1.165) is 12.8 Å². The summed E-state index contributed by atoms with van der Waals surface area (Å²) in [6, 6.07) is -0.162. The lowest BCUT2D eigenvalue weighted by atomic mass is 9.98. The summed E-state index contributed by atoms with van der Waals surface area (Å²) in [4.78, 5) is 23.5. The Morgan fingerprint density at radius 1 is 1.33 bits per heavy atom. The maximum absolute atomic E-state index is 11.7. The van der Waals surface area contributed by atoms with Crippen LogP contribution in [0.2, 0.25) is 0 Å². The second-order valence-corrected chi connectivity index (χ2v) is 4.29. The Morgan fingerprint density at radius 2 is 2.00 bits per heavy atom. The van der Waals surface area contributed by atoms with Gasteiger partial charge < -0.3 is 25.2 Å². The Balaban J connectivity index is 2.08. The molecule has 1 aliphatic rings. The van der Waals surface area contributed by atoms with Crippen LogP contribution in [0.1, 0.15) is 12.8 Å². The number of hydrogen-bond donors (Lipinski definition) is 3. The molecule has 3 N–H and O–H groups in total. The average molecular weight is 260 g/mol. The van der Waals surface area contributed by atoms with Crippen LogP contribution in [0.5, 0.6) is 0 Å². The smallest absolute Gasteiger partial charge is 0.329 e. The molecule has 0 aromatic heterocycles. The molecule has 0 spiro atoms. The summed E-state index contributed by atoms with van der Waals surface area (Å²) in [6.07, 6.45) is 1.64. The molecule has 0 aromatic carbocycles. The fraction of sp³-hybridized carbons (Fsp3) is 0.818. The summed E-state index contributed by atoms with van der Waals surface area (Å²) in [6.45, 7) is 1.60. The van der Waals surface area contributed by atoms with Crippen LogP contribution in [0.3, 0.4) is 0 Å². The summed E-state index contributed by atoms with van der Waals surface area (Å²) in [7, 11) is 0. The van der Waals surface area contributed by atoms with E-state index in [1.165, 1.54) is 0 Å². The second kappa shape index (κ2) is 7.88. The van der Waals surface area contributed by atoms with Crippen LogP contribution in [0, 0.1) is 5.92 Å². The van der Waals surface area contributed by atoms with Gasteiger partial charge >= 0.3 is 12.0 Å². The number of ether oxygens (including phenoxy) is 1. The van der Waals surface area contributed by atoms with Crippen LogP contribution >= 0.6 is 0 Å². The fourth-order valence-electron chi connectivity index (χ4n) is 1.82. The highest BCUT2D eigenvalue weighted by atomic mass is 16.5. The molecule has 7 heteroatoms. The number of aliphatic hydroxyl groups is 1. The average Bonchev–Trinajstić information content (AvgIpc) is 2.38. The molecule has 0 saturated carbocycles. The van der Waals surface area contributed by atoms with E-state index in [0.29, 0.717) is 25.6 Å². The lowest BCUT2D eigenvalue weighted by Gasteiger charge is -2.31. The van der Waals surface area contributed by atoms with Gasteiger partial charge in [0.05, 0.1) is 6.61 Å². The van der Waals surface area contributed by atoms with Gasteiger partial charge in [-0.05, 0) is 18.8 Å². The van der Waals surface area contributed by atoms with Crippen molar-refractivity contribution in [1.29, 1.82) is 0 Å². The fourth-order valence-corrected chi connectivity index (χ4v) is 1.82. The number of nitrogens with zero attached hydrogens (tertiary/aromatic N) is 1. The number of urea groups is 1. The maximum Gasteiger partial charge on any atom is 0.329 e. The van der Waals surface area contributed by atoms with Gasteiger partial charge in [-0.2, -0.15) is 0 Å². The van der Waals surface area contributed by atoms with E-state index in [4.69, 9.17) is 14.9 Å². The van der Waals surface area contributed by atoms with Gasteiger partial charge in [0.25, 0.3) is 0 Å². The zero-order chi connectivity index (χ0) is 13.4. The number of aliphatic hydroxyl groups excluding tert-OH is 1. The Kier molecular flexibility index (Phi) is 6.45. The van der Waals surface area contributed by atoms with E-state index in [1.54, 1.807) is 4.90 Å². The number of piperidine rings is 1. The summed E-state index contributed by atoms with van der Waals surface area (Å²) in [5.41, 5.74) is 0. The molecule has 1 fully saturated rings. The number of carboxylic acid groups (broad SMARTS) is 1. The minimum absolute atomic E-state index is 0.162. The maximum atomic E-state index is 11.7. The minimum Gasteiger partial charge on any atom is -0.480 e. The van der Waals surface area contributed by atoms with E-state index >= 15 is 0 Å². The molecule has 0 bridgehead atoms. The molecule has 0 unspecified atom stereocenters. The molecule has 0 radical (unpaired) electrons. The van der Waals surface area contributed by atoms with Gasteiger partial charge in [-0.15, -0.1) is 0 Å². The molecule has 18 heavy (non-hydrogen) atoms. The monoisotopic (exact) mass is 260 g/mol. The van der Waals surface area contributed by atoms with Crippen molar-refractivity contribution in [3.63, 3.8) is 0 Å². The van der Waals surface area contributed by atoms with E-state index in [-0.39, 0.29) is 25.9 Å². The number of carbonyl (C=O) groups is 2. The summed E-state index contributed by atoms with van der Waals surface area (Å²) >= 11 is 0. The number of hydrogen-bond acceptors (Lipinski definition) is 4. The van der Waals surface area contributed by atoms with E-state index in [2.05, 4.69) is 5.32 Å². The second-order valence-electron chi connectivity index (χ2n) is 4.29. The third-order valence-corrected chi connectivity index (χ3v) is 2.91. The van der Waals surface area contributed by atoms with Crippen molar-refractivity contribution in [2.75, 3.05) is 39.5 Å². The van der Waals surface area contributed by atoms with Gasteiger partial charge in [0, 0.05) is 26.2 Å². The number of likely N-dealkylation sites (tertiary alicyclic amines) is 1. The molecule has 2 amide bonds. The molecule has 1 saturated heterocycles. The molecule has 1 heterocycles. The summed E-state index contributed by atoms with van der Waals surface area (Å²) in [5, 5.41) is 20.0. The van der Waals surface area contributed by atoms with Crippen LogP contribution in [0.15, 0.2) is 0 Å². The van der Waals surface area contributed by atoms with Gasteiger partial charge in [0.1, 0.15) is 6.61 Å². The van der Waals surface area contributed by atoms with Gasteiger partial charge in [-0.25, -0.2) is 9.59 Å². The Hall–Kier alpha value is -1.34. The Morgan fingerprint density at radius 3 is 2.56 bits per heavy atom. The third-order valence-electron chi connectivity index (χ3n) is 2.91. The first-order chi connectivity index (χ1) is 8.63. The molecular formula is C11H20N2O5. The molecule has 0 aliphatic carbocycles. The van der Waals surface area contributed by atoms with Crippen LogP contribution in [0.4, 0.5) is 4.79 Å². The molecule has 7 nitrogen and oxygen atoms in total. The largest absolute Gasteiger partial charge is 0.480 e. The minimum atomic E-state index is -1.02. The van der Waals surface area contributed by atoms with Crippen molar-refractivity contribution in [2.45, 2.75) is 12.8 Å². The summed E-state index contributed by atoms with van der Waals surface area (Å²) < 4.78 is 4.80. The van der Waals surface area contributed by atoms with Gasteiger partial charge in [0.15, 0.2) is 0 Å². The van der Waals surface area contributed by atoms with Crippen molar-refractivity contribution in [3.8, 4) is 0 Å². The Bertz CT molecular complexity index is 277. The highest BCUT2D eigenvalue weighted by Crippen LogP contribution is 2.15. The van der Waals surface area contributed by atoms with Crippen molar-refractivity contribution < 1.29 is 24.5 Å². The number of carbonyl (C=O) groups excluding carboxylic acids is 1. The molecule has 1 aliphatic heterocycles. The number of rotatable bonds is 6. The number of aliphatic carboxylic acids is 1. The lowest BCUT2D eigenvalue weighted by Crippen LogP contribution is -2.45. The first-order valence-electron chi connectivity index (χ1n) is 6.06. The first kappa shape index (κ1) is 14.7. The van der Waals surface area contributed by atoms with Crippen LogP contribution in [0.25, 0.3) is 0 Å². The molecule has 0 atom stereocenters. The van der Waals surface area contributed by atoms with E-state index in [9.17, 15) is 9.59 Å². The third kappa shape index (κ3) is 5.33.